The smallest absolute Gasteiger partial charge is 0.287 e. The first-order valence-electron chi connectivity index (χ1n) is 10.6. The van der Waals surface area contributed by atoms with Gasteiger partial charge in [0.2, 0.25) is 0 Å². The molecule has 9 nitrogen and oxygen atoms in total. The number of hydrogen-bond acceptors (Lipinski definition) is 6. The molecule has 3 heterocycles. The molecule has 1 aromatic carbocycles. The molecule has 0 radical (unpaired) electrons. The standard InChI is InChI=1S/C23H26N4O5/c28-22(20-5-2-13-31-20)24-10-11-26-23(25-9-8-18-4-1-12-29-18)27-17-6-7-19-21(16-17)32-15-3-14-30-19/h1-2,4-7,12-13,16H,3,8-11,14-15H2,(H,24,28)(H2,25,26,27). The molecule has 1 aliphatic rings. The van der Waals surface area contributed by atoms with Gasteiger partial charge < -0.3 is 34.3 Å². The summed E-state index contributed by atoms with van der Waals surface area (Å²) in [5.41, 5.74) is 0.818. The number of hydrogen-bond donors (Lipinski definition) is 3. The Balaban J connectivity index is 1.35. The fourth-order valence-corrected chi connectivity index (χ4v) is 3.10. The molecule has 3 aromatic rings. The minimum absolute atomic E-state index is 0.260. The molecule has 168 valence electrons. The van der Waals surface area contributed by atoms with Gasteiger partial charge in [0.1, 0.15) is 5.76 Å². The molecular weight excluding hydrogens is 412 g/mol. The summed E-state index contributed by atoms with van der Waals surface area (Å²) in [6.45, 7) is 2.67. The second-order valence-electron chi connectivity index (χ2n) is 7.06. The maximum Gasteiger partial charge on any atom is 0.287 e. The molecule has 0 unspecified atom stereocenters. The van der Waals surface area contributed by atoms with Crippen molar-refractivity contribution in [2.45, 2.75) is 12.8 Å². The number of nitrogens with one attached hydrogen (secondary N) is 3. The number of nitrogens with zero attached hydrogens (tertiary/aromatic N) is 1. The van der Waals surface area contributed by atoms with Crippen molar-refractivity contribution >= 4 is 17.6 Å². The van der Waals surface area contributed by atoms with Gasteiger partial charge in [-0.25, -0.2) is 0 Å². The molecule has 1 amide bonds. The van der Waals surface area contributed by atoms with Crippen LogP contribution < -0.4 is 25.4 Å². The summed E-state index contributed by atoms with van der Waals surface area (Å²) < 4.78 is 21.9. The highest BCUT2D eigenvalue weighted by molar-refractivity contribution is 5.94. The van der Waals surface area contributed by atoms with E-state index in [1.807, 2.05) is 30.3 Å². The van der Waals surface area contributed by atoms with Crippen molar-refractivity contribution in [2.75, 3.05) is 38.2 Å². The first kappa shape index (κ1) is 21.4. The predicted molar refractivity (Wildman–Crippen MR) is 119 cm³/mol. The van der Waals surface area contributed by atoms with E-state index in [2.05, 4.69) is 20.9 Å². The highest BCUT2D eigenvalue weighted by Crippen LogP contribution is 2.32. The number of benzene rings is 1. The molecule has 3 N–H and O–H groups in total. The van der Waals surface area contributed by atoms with Crippen LogP contribution in [-0.4, -0.2) is 44.7 Å². The van der Waals surface area contributed by atoms with Gasteiger partial charge in [-0.3, -0.25) is 9.79 Å². The highest BCUT2D eigenvalue weighted by Gasteiger charge is 2.12. The quantitative estimate of drug-likeness (QED) is 0.282. The van der Waals surface area contributed by atoms with E-state index in [9.17, 15) is 4.79 Å². The maximum absolute atomic E-state index is 12.0. The summed E-state index contributed by atoms with van der Waals surface area (Å²) >= 11 is 0. The van der Waals surface area contributed by atoms with E-state index >= 15 is 0 Å². The number of furan rings is 2. The van der Waals surface area contributed by atoms with E-state index in [4.69, 9.17) is 18.3 Å². The zero-order valence-corrected chi connectivity index (χ0v) is 17.6. The largest absolute Gasteiger partial charge is 0.490 e. The Morgan fingerprint density at radius 3 is 2.56 bits per heavy atom. The number of carbonyl (C=O) groups is 1. The second kappa shape index (κ2) is 10.9. The number of fused-ring (bicyclic) bond motifs is 1. The summed E-state index contributed by atoms with van der Waals surface area (Å²) in [7, 11) is 0. The number of amides is 1. The molecule has 0 saturated carbocycles. The van der Waals surface area contributed by atoms with E-state index in [-0.39, 0.29) is 11.7 Å². The summed E-state index contributed by atoms with van der Waals surface area (Å²) in [6, 6.07) is 12.8. The number of ether oxygens (including phenoxy) is 2. The van der Waals surface area contributed by atoms with Crippen LogP contribution in [-0.2, 0) is 6.42 Å². The molecule has 0 aliphatic carbocycles. The van der Waals surface area contributed by atoms with Crippen LogP contribution in [0.15, 0.2) is 68.8 Å². The summed E-state index contributed by atoms with van der Waals surface area (Å²) in [4.78, 5) is 16.6. The van der Waals surface area contributed by atoms with Gasteiger partial charge in [-0.2, -0.15) is 0 Å². The van der Waals surface area contributed by atoms with Crippen molar-refractivity contribution in [2.24, 2.45) is 4.99 Å². The first-order chi connectivity index (χ1) is 15.8. The van der Waals surface area contributed by atoms with Gasteiger partial charge in [-0.05, 0) is 36.4 Å². The van der Waals surface area contributed by atoms with Crippen LogP contribution in [0, 0.1) is 0 Å². The van der Waals surface area contributed by atoms with E-state index in [1.54, 1.807) is 18.4 Å². The Hall–Kier alpha value is -3.88. The van der Waals surface area contributed by atoms with Gasteiger partial charge in [0.15, 0.2) is 23.2 Å². The zero-order valence-electron chi connectivity index (χ0n) is 17.6. The molecule has 0 saturated heterocycles. The third kappa shape index (κ3) is 6.07. The van der Waals surface area contributed by atoms with Crippen LogP contribution in [0.3, 0.4) is 0 Å². The Kier molecular flexibility index (Phi) is 7.30. The van der Waals surface area contributed by atoms with Crippen molar-refractivity contribution < 1.29 is 23.1 Å². The lowest BCUT2D eigenvalue weighted by atomic mass is 10.2. The first-order valence-corrected chi connectivity index (χ1v) is 10.6. The molecule has 4 rings (SSSR count). The molecule has 0 fully saturated rings. The molecule has 0 spiro atoms. The number of carbonyl (C=O) groups excluding carboxylic acids is 1. The van der Waals surface area contributed by atoms with Crippen molar-refractivity contribution in [3.8, 4) is 11.5 Å². The Bertz CT molecular complexity index is 1020. The van der Waals surface area contributed by atoms with Gasteiger partial charge >= 0.3 is 0 Å². The second-order valence-corrected chi connectivity index (χ2v) is 7.06. The SMILES string of the molecule is O=C(NCCNC(=NCCc1ccco1)Nc1ccc2c(c1)OCCCO2)c1ccco1. The minimum Gasteiger partial charge on any atom is -0.490 e. The molecular formula is C23H26N4O5. The lowest BCUT2D eigenvalue weighted by Gasteiger charge is -2.15. The summed E-state index contributed by atoms with van der Waals surface area (Å²) in [6.07, 6.45) is 4.64. The van der Waals surface area contributed by atoms with Crippen LogP contribution in [0.2, 0.25) is 0 Å². The molecule has 0 atom stereocenters. The number of rotatable bonds is 8. The zero-order chi connectivity index (χ0) is 22.0. The van der Waals surface area contributed by atoms with E-state index in [1.165, 1.54) is 6.26 Å². The average molecular weight is 438 g/mol. The van der Waals surface area contributed by atoms with Crippen LogP contribution in [0.4, 0.5) is 5.69 Å². The lowest BCUT2D eigenvalue weighted by molar-refractivity contribution is 0.0926. The highest BCUT2D eigenvalue weighted by atomic mass is 16.5. The molecule has 2 aromatic heterocycles. The maximum atomic E-state index is 12.0. The Labute approximate surface area is 185 Å². The third-order valence-electron chi connectivity index (χ3n) is 4.67. The topological polar surface area (TPSA) is 110 Å². The van der Waals surface area contributed by atoms with Crippen LogP contribution in [0.5, 0.6) is 11.5 Å². The normalized spacial score (nSPS) is 13.3. The van der Waals surface area contributed by atoms with Gasteiger partial charge in [-0.15, -0.1) is 0 Å². The molecule has 9 heteroatoms. The van der Waals surface area contributed by atoms with Gasteiger partial charge in [0.05, 0.1) is 25.7 Å². The van der Waals surface area contributed by atoms with Gasteiger partial charge in [0.25, 0.3) is 5.91 Å². The monoisotopic (exact) mass is 438 g/mol. The van der Waals surface area contributed by atoms with E-state index < -0.39 is 0 Å². The van der Waals surface area contributed by atoms with Gasteiger partial charge in [-0.1, -0.05) is 0 Å². The number of aliphatic imine (C=N–C) groups is 1. The molecule has 1 aliphatic heterocycles. The fraction of sp³-hybridized carbons (Fsp3) is 0.304. The fourth-order valence-electron chi connectivity index (χ4n) is 3.10. The van der Waals surface area contributed by atoms with Crippen molar-refractivity contribution in [1.29, 1.82) is 0 Å². The van der Waals surface area contributed by atoms with Crippen molar-refractivity contribution in [3.63, 3.8) is 0 Å². The predicted octanol–water partition coefficient (Wildman–Crippen LogP) is 3.06. The van der Waals surface area contributed by atoms with Crippen LogP contribution in [0.25, 0.3) is 0 Å². The summed E-state index contributed by atoms with van der Waals surface area (Å²) in [5, 5.41) is 9.32. The summed E-state index contributed by atoms with van der Waals surface area (Å²) in [5.74, 6) is 2.91. The Morgan fingerprint density at radius 1 is 0.938 bits per heavy atom. The Morgan fingerprint density at radius 2 is 1.75 bits per heavy atom. The average Bonchev–Trinajstić information content (AvgIpc) is 3.48. The van der Waals surface area contributed by atoms with Crippen LogP contribution in [0.1, 0.15) is 22.7 Å². The minimum atomic E-state index is -0.260. The number of guanidine groups is 1. The van der Waals surface area contributed by atoms with E-state index in [0.717, 1.165) is 23.6 Å². The lowest BCUT2D eigenvalue weighted by Crippen LogP contribution is -2.38. The van der Waals surface area contributed by atoms with Gasteiger partial charge in [0, 0.05) is 44.2 Å². The molecule has 0 bridgehead atoms. The van der Waals surface area contributed by atoms with E-state index in [0.29, 0.717) is 51.0 Å². The number of anilines is 1. The third-order valence-corrected chi connectivity index (χ3v) is 4.67. The molecule has 32 heavy (non-hydrogen) atoms. The van der Waals surface area contributed by atoms with Crippen molar-refractivity contribution in [1.82, 2.24) is 10.6 Å². The van der Waals surface area contributed by atoms with Crippen LogP contribution >= 0.6 is 0 Å². The van der Waals surface area contributed by atoms with Crippen molar-refractivity contribution in [3.05, 3.63) is 66.5 Å².